The summed E-state index contributed by atoms with van der Waals surface area (Å²) in [4.78, 5) is 10.6. The number of aliphatic hydroxyl groups excluding tert-OH is 1. The lowest BCUT2D eigenvalue weighted by atomic mass is 9.99. The Hall–Kier alpha value is -1.33. The summed E-state index contributed by atoms with van der Waals surface area (Å²) >= 11 is 5.79. The van der Waals surface area contributed by atoms with Gasteiger partial charge in [0, 0.05) is 23.7 Å². The van der Waals surface area contributed by atoms with Gasteiger partial charge in [0.05, 0.1) is 4.92 Å². The predicted octanol–water partition coefficient (Wildman–Crippen LogP) is 3.21. The van der Waals surface area contributed by atoms with E-state index in [9.17, 15) is 10.1 Å². The smallest absolute Gasteiger partial charge is 0.293 e. The molecule has 1 aliphatic rings. The molecule has 104 valence electrons. The molecule has 2 rings (SSSR count). The molecular formula is C13H17ClN2O3. The van der Waals surface area contributed by atoms with Crippen LogP contribution in [0.3, 0.4) is 0 Å². The van der Waals surface area contributed by atoms with Crippen LogP contribution in [-0.4, -0.2) is 22.7 Å². The second kappa shape index (κ2) is 6.21. The maximum Gasteiger partial charge on any atom is 0.293 e. The fourth-order valence-corrected chi connectivity index (χ4v) is 2.88. The summed E-state index contributed by atoms with van der Waals surface area (Å²) in [5.74, 6) is 0.375. The SMILES string of the molecule is O=[N+]([O-])c1cc(Cl)ccc1NC1CCCC1CCO. The first-order valence-electron chi connectivity index (χ1n) is 6.43. The molecule has 19 heavy (non-hydrogen) atoms. The van der Waals surface area contributed by atoms with Crippen molar-refractivity contribution < 1.29 is 10.0 Å². The van der Waals surface area contributed by atoms with Crippen LogP contribution in [0.25, 0.3) is 0 Å². The Kier molecular flexibility index (Phi) is 4.61. The molecule has 2 atom stereocenters. The van der Waals surface area contributed by atoms with Crippen molar-refractivity contribution in [2.75, 3.05) is 11.9 Å². The van der Waals surface area contributed by atoms with Gasteiger partial charge in [0.1, 0.15) is 5.69 Å². The minimum atomic E-state index is -0.426. The predicted molar refractivity (Wildman–Crippen MR) is 74.6 cm³/mol. The lowest BCUT2D eigenvalue weighted by Crippen LogP contribution is -2.25. The number of hydrogen-bond donors (Lipinski definition) is 2. The number of hydrogen-bond acceptors (Lipinski definition) is 4. The van der Waals surface area contributed by atoms with Crippen molar-refractivity contribution in [3.63, 3.8) is 0 Å². The van der Waals surface area contributed by atoms with Gasteiger partial charge in [-0.25, -0.2) is 0 Å². The zero-order valence-electron chi connectivity index (χ0n) is 10.5. The molecule has 0 aromatic heterocycles. The molecule has 1 saturated carbocycles. The van der Waals surface area contributed by atoms with Crippen LogP contribution in [0.1, 0.15) is 25.7 Å². The minimum absolute atomic E-state index is 0.00199. The summed E-state index contributed by atoms with van der Waals surface area (Å²) in [5.41, 5.74) is 0.506. The van der Waals surface area contributed by atoms with E-state index in [1.807, 2.05) is 0 Å². The molecule has 2 N–H and O–H groups in total. The zero-order valence-corrected chi connectivity index (χ0v) is 11.3. The third-order valence-electron chi connectivity index (χ3n) is 3.66. The van der Waals surface area contributed by atoms with Gasteiger partial charge in [-0.2, -0.15) is 0 Å². The van der Waals surface area contributed by atoms with Crippen LogP contribution in [0.15, 0.2) is 18.2 Å². The third kappa shape index (κ3) is 3.36. The van der Waals surface area contributed by atoms with E-state index < -0.39 is 4.92 Å². The quantitative estimate of drug-likeness (QED) is 0.643. The average molecular weight is 285 g/mol. The molecule has 1 aromatic carbocycles. The normalized spacial score (nSPS) is 22.4. The molecule has 0 saturated heterocycles. The topological polar surface area (TPSA) is 75.4 Å². The van der Waals surface area contributed by atoms with Crippen molar-refractivity contribution in [1.29, 1.82) is 0 Å². The van der Waals surface area contributed by atoms with Crippen LogP contribution in [0.5, 0.6) is 0 Å². The molecule has 6 heteroatoms. The fraction of sp³-hybridized carbons (Fsp3) is 0.538. The van der Waals surface area contributed by atoms with E-state index in [0.717, 1.165) is 25.7 Å². The number of anilines is 1. The molecule has 0 heterocycles. The van der Waals surface area contributed by atoms with E-state index in [2.05, 4.69) is 5.32 Å². The van der Waals surface area contributed by atoms with Crippen molar-refractivity contribution in [3.8, 4) is 0 Å². The molecule has 0 bridgehead atoms. The number of rotatable bonds is 5. The van der Waals surface area contributed by atoms with E-state index in [-0.39, 0.29) is 18.3 Å². The molecule has 2 unspecified atom stereocenters. The van der Waals surface area contributed by atoms with Gasteiger partial charge >= 0.3 is 0 Å². The van der Waals surface area contributed by atoms with Crippen molar-refractivity contribution >= 4 is 23.0 Å². The van der Waals surface area contributed by atoms with Crippen molar-refractivity contribution in [2.24, 2.45) is 5.92 Å². The van der Waals surface area contributed by atoms with E-state index >= 15 is 0 Å². The van der Waals surface area contributed by atoms with E-state index in [1.165, 1.54) is 6.07 Å². The summed E-state index contributed by atoms with van der Waals surface area (Å²) in [6.45, 7) is 0.158. The van der Waals surface area contributed by atoms with Crippen LogP contribution in [-0.2, 0) is 0 Å². The molecule has 1 aliphatic carbocycles. The Balaban J connectivity index is 2.16. The molecule has 1 aromatic rings. The Morgan fingerprint density at radius 1 is 1.47 bits per heavy atom. The number of nitrogens with zero attached hydrogens (tertiary/aromatic N) is 1. The van der Waals surface area contributed by atoms with Crippen LogP contribution in [0.4, 0.5) is 11.4 Å². The first-order valence-corrected chi connectivity index (χ1v) is 6.81. The lowest BCUT2D eigenvalue weighted by molar-refractivity contribution is -0.384. The number of halogens is 1. The zero-order chi connectivity index (χ0) is 13.8. The second-order valence-corrected chi connectivity index (χ2v) is 5.31. The Morgan fingerprint density at radius 3 is 2.95 bits per heavy atom. The van der Waals surface area contributed by atoms with Gasteiger partial charge in [-0.15, -0.1) is 0 Å². The average Bonchev–Trinajstić information content (AvgIpc) is 2.79. The lowest BCUT2D eigenvalue weighted by Gasteiger charge is -2.21. The van der Waals surface area contributed by atoms with Crippen LogP contribution >= 0.6 is 11.6 Å². The Bertz CT molecular complexity index is 467. The van der Waals surface area contributed by atoms with E-state index in [1.54, 1.807) is 12.1 Å². The highest BCUT2D eigenvalue weighted by molar-refractivity contribution is 6.30. The number of aliphatic hydroxyl groups is 1. The largest absolute Gasteiger partial charge is 0.396 e. The van der Waals surface area contributed by atoms with Gasteiger partial charge in [-0.05, 0) is 37.3 Å². The minimum Gasteiger partial charge on any atom is -0.396 e. The van der Waals surface area contributed by atoms with E-state index in [4.69, 9.17) is 16.7 Å². The van der Waals surface area contributed by atoms with Gasteiger partial charge in [0.2, 0.25) is 0 Å². The summed E-state index contributed by atoms with van der Waals surface area (Å²) in [6.07, 6.45) is 3.85. The summed E-state index contributed by atoms with van der Waals surface area (Å²) < 4.78 is 0. The van der Waals surface area contributed by atoms with Crippen LogP contribution in [0.2, 0.25) is 5.02 Å². The first kappa shape index (κ1) is 14.1. The van der Waals surface area contributed by atoms with E-state index in [0.29, 0.717) is 16.6 Å². The van der Waals surface area contributed by atoms with Crippen molar-refractivity contribution in [1.82, 2.24) is 0 Å². The van der Waals surface area contributed by atoms with Crippen LogP contribution < -0.4 is 5.32 Å². The maximum absolute atomic E-state index is 11.0. The highest BCUT2D eigenvalue weighted by atomic mass is 35.5. The number of nitro benzene ring substituents is 1. The van der Waals surface area contributed by atoms with Gasteiger partial charge < -0.3 is 10.4 Å². The fourth-order valence-electron chi connectivity index (χ4n) is 2.72. The summed E-state index contributed by atoms with van der Waals surface area (Å²) in [7, 11) is 0. The highest BCUT2D eigenvalue weighted by Crippen LogP contribution is 2.34. The molecule has 0 amide bonds. The molecule has 5 nitrogen and oxygen atoms in total. The van der Waals surface area contributed by atoms with Crippen molar-refractivity contribution in [3.05, 3.63) is 33.3 Å². The standard InChI is InChI=1S/C13H17ClN2O3/c14-10-4-5-12(13(8-10)16(18)19)15-11-3-1-2-9(11)6-7-17/h4-5,8-9,11,15,17H,1-3,6-7H2. The van der Waals surface area contributed by atoms with Gasteiger partial charge in [-0.1, -0.05) is 18.0 Å². The second-order valence-electron chi connectivity index (χ2n) is 4.87. The molecule has 1 fully saturated rings. The van der Waals surface area contributed by atoms with Gasteiger partial charge in [0.25, 0.3) is 5.69 Å². The third-order valence-corrected chi connectivity index (χ3v) is 3.89. The van der Waals surface area contributed by atoms with Crippen molar-refractivity contribution in [2.45, 2.75) is 31.7 Å². The van der Waals surface area contributed by atoms with Gasteiger partial charge in [0.15, 0.2) is 0 Å². The Labute approximate surface area is 116 Å². The maximum atomic E-state index is 11.0. The Morgan fingerprint density at radius 2 is 2.26 bits per heavy atom. The molecule has 0 radical (unpaired) electrons. The summed E-state index contributed by atoms with van der Waals surface area (Å²) in [5, 5.41) is 23.7. The highest BCUT2D eigenvalue weighted by Gasteiger charge is 2.28. The number of nitrogens with one attached hydrogen (secondary N) is 1. The molecule has 0 aliphatic heterocycles. The monoisotopic (exact) mass is 284 g/mol. The number of nitro groups is 1. The molecular weight excluding hydrogens is 268 g/mol. The van der Waals surface area contributed by atoms with Gasteiger partial charge in [-0.3, -0.25) is 10.1 Å². The summed E-state index contributed by atoms with van der Waals surface area (Å²) in [6, 6.07) is 4.84. The first-order chi connectivity index (χ1) is 9.11. The van der Waals surface area contributed by atoms with Crippen LogP contribution in [0, 0.1) is 16.0 Å². The number of benzene rings is 1. The molecule has 0 spiro atoms.